The Kier molecular flexibility index (Phi) is 6.02. The molecule has 120 valence electrons. The number of hydrogen-bond donors (Lipinski definition) is 1. The smallest absolute Gasteiger partial charge is 0.243 e. The lowest BCUT2D eigenvalue weighted by atomic mass is 10.1. The number of rotatable bonds is 5. The Labute approximate surface area is 145 Å². The number of benzene rings is 2. The van der Waals surface area contributed by atoms with Gasteiger partial charge in [0.05, 0.1) is 13.0 Å². The highest BCUT2D eigenvalue weighted by Gasteiger charge is 2.16. The van der Waals surface area contributed by atoms with Gasteiger partial charge in [-0.3, -0.25) is 9.59 Å². The maximum atomic E-state index is 12.2. The first kappa shape index (κ1) is 17.3. The molecule has 0 aliphatic heterocycles. The molecule has 0 aliphatic carbocycles. The number of amides is 2. The van der Waals surface area contributed by atoms with Gasteiger partial charge in [0, 0.05) is 22.8 Å². The van der Waals surface area contributed by atoms with Crippen LogP contribution in [0.15, 0.2) is 48.5 Å². The van der Waals surface area contributed by atoms with Crippen LogP contribution in [-0.4, -0.2) is 30.3 Å². The van der Waals surface area contributed by atoms with E-state index in [9.17, 15) is 9.59 Å². The Hall–Kier alpha value is -2.04. The third-order valence-corrected chi connectivity index (χ3v) is 3.96. The van der Waals surface area contributed by atoms with Crippen LogP contribution in [0.25, 0.3) is 0 Å². The summed E-state index contributed by atoms with van der Waals surface area (Å²) in [5.74, 6) is -0.500. The summed E-state index contributed by atoms with van der Waals surface area (Å²) < 4.78 is 0. The van der Waals surface area contributed by atoms with Crippen molar-refractivity contribution in [2.75, 3.05) is 18.9 Å². The molecule has 2 aromatic carbocycles. The molecule has 0 saturated carbocycles. The van der Waals surface area contributed by atoms with Crippen molar-refractivity contribution < 1.29 is 9.59 Å². The second-order valence-electron chi connectivity index (χ2n) is 5.04. The van der Waals surface area contributed by atoms with Crippen molar-refractivity contribution in [2.45, 2.75) is 6.42 Å². The first-order valence-corrected chi connectivity index (χ1v) is 7.74. The van der Waals surface area contributed by atoms with E-state index in [1.165, 1.54) is 4.90 Å². The SMILES string of the molecule is CN(CC(=O)Nc1ccccc1)C(=O)Cc1c(Cl)cccc1Cl. The quantitative estimate of drug-likeness (QED) is 0.894. The molecular weight excluding hydrogens is 335 g/mol. The average Bonchev–Trinajstić information content (AvgIpc) is 2.51. The zero-order chi connectivity index (χ0) is 16.8. The topological polar surface area (TPSA) is 49.4 Å². The summed E-state index contributed by atoms with van der Waals surface area (Å²) in [6.45, 7) is -0.0458. The van der Waals surface area contributed by atoms with Crippen LogP contribution in [-0.2, 0) is 16.0 Å². The van der Waals surface area contributed by atoms with Crippen LogP contribution < -0.4 is 5.32 Å². The predicted octanol–water partition coefficient (Wildman–Crippen LogP) is 3.63. The Balaban J connectivity index is 1.93. The summed E-state index contributed by atoms with van der Waals surface area (Å²) in [7, 11) is 1.57. The number of nitrogens with zero attached hydrogens (tertiary/aromatic N) is 1. The molecule has 2 amide bonds. The third-order valence-electron chi connectivity index (χ3n) is 3.25. The molecule has 0 radical (unpaired) electrons. The lowest BCUT2D eigenvalue weighted by Gasteiger charge is -2.17. The zero-order valence-electron chi connectivity index (χ0n) is 12.6. The molecule has 0 unspecified atom stereocenters. The minimum absolute atomic E-state index is 0.0458. The maximum Gasteiger partial charge on any atom is 0.243 e. The molecule has 6 heteroatoms. The molecule has 0 spiro atoms. The van der Waals surface area contributed by atoms with Crippen LogP contribution in [0.2, 0.25) is 10.0 Å². The van der Waals surface area contributed by atoms with Gasteiger partial charge in [0.15, 0.2) is 0 Å². The fraction of sp³-hybridized carbons (Fsp3) is 0.176. The zero-order valence-corrected chi connectivity index (χ0v) is 14.1. The number of halogens is 2. The van der Waals surface area contributed by atoms with Crippen molar-refractivity contribution in [1.82, 2.24) is 4.90 Å². The molecule has 2 rings (SSSR count). The number of hydrogen-bond acceptors (Lipinski definition) is 2. The number of para-hydroxylation sites is 1. The van der Waals surface area contributed by atoms with Crippen molar-refractivity contribution in [2.24, 2.45) is 0 Å². The summed E-state index contributed by atoms with van der Waals surface area (Å²) in [5.41, 5.74) is 1.25. The number of likely N-dealkylation sites (N-methyl/N-ethyl adjacent to an activating group) is 1. The fourth-order valence-corrected chi connectivity index (χ4v) is 2.54. The van der Waals surface area contributed by atoms with Crippen molar-refractivity contribution in [3.63, 3.8) is 0 Å². The molecule has 0 aliphatic rings. The number of carbonyl (C=O) groups excluding carboxylic acids is 2. The van der Waals surface area contributed by atoms with E-state index in [-0.39, 0.29) is 24.8 Å². The summed E-state index contributed by atoms with van der Waals surface area (Å²) in [6, 6.07) is 14.1. The van der Waals surface area contributed by atoms with E-state index in [0.717, 1.165) is 0 Å². The van der Waals surface area contributed by atoms with Gasteiger partial charge in [-0.1, -0.05) is 47.5 Å². The molecule has 1 N–H and O–H groups in total. The van der Waals surface area contributed by atoms with Crippen molar-refractivity contribution in [3.05, 3.63) is 64.1 Å². The van der Waals surface area contributed by atoms with Crippen LogP contribution in [0.1, 0.15) is 5.56 Å². The standard InChI is InChI=1S/C17H16Cl2N2O2/c1-21(11-16(22)20-12-6-3-2-4-7-12)17(23)10-13-14(18)8-5-9-15(13)19/h2-9H,10-11H2,1H3,(H,20,22). The first-order chi connectivity index (χ1) is 11.0. The van der Waals surface area contributed by atoms with Crippen molar-refractivity contribution in [1.29, 1.82) is 0 Å². The second-order valence-corrected chi connectivity index (χ2v) is 5.86. The molecule has 0 fully saturated rings. The van der Waals surface area contributed by atoms with Crippen molar-refractivity contribution in [3.8, 4) is 0 Å². The maximum absolute atomic E-state index is 12.2. The number of nitrogens with one attached hydrogen (secondary N) is 1. The van der Waals surface area contributed by atoms with E-state index < -0.39 is 0 Å². The van der Waals surface area contributed by atoms with E-state index in [0.29, 0.717) is 21.3 Å². The molecule has 0 saturated heterocycles. The van der Waals surface area contributed by atoms with Crippen LogP contribution in [0.4, 0.5) is 5.69 Å². The van der Waals surface area contributed by atoms with Gasteiger partial charge < -0.3 is 10.2 Å². The van der Waals surface area contributed by atoms with Gasteiger partial charge in [-0.2, -0.15) is 0 Å². The van der Waals surface area contributed by atoms with Gasteiger partial charge in [-0.15, -0.1) is 0 Å². The molecule has 23 heavy (non-hydrogen) atoms. The molecule has 0 atom stereocenters. The average molecular weight is 351 g/mol. The predicted molar refractivity (Wildman–Crippen MR) is 92.9 cm³/mol. The second kappa shape index (κ2) is 7.99. The highest BCUT2D eigenvalue weighted by Crippen LogP contribution is 2.25. The van der Waals surface area contributed by atoms with E-state index in [4.69, 9.17) is 23.2 Å². The highest BCUT2D eigenvalue weighted by molar-refractivity contribution is 6.36. The molecule has 0 bridgehead atoms. The summed E-state index contributed by atoms with van der Waals surface area (Å²) in [6.07, 6.45) is 0.0492. The van der Waals surface area contributed by atoms with E-state index in [1.807, 2.05) is 18.2 Å². The van der Waals surface area contributed by atoms with Gasteiger partial charge in [0.25, 0.3) is 0 Å². The van der Waals surface area contributed by atoms with Gasteiger partial charge in [-0.25, -0.2) is 0 Å². The minimum Gasteiger partial charge on any atom is -0.336 e. The Morgan fingerprint density at radius 1 is 1.00 bits per heavy atom. The number of anilines is 1. The van der Waals surface area contributed by atoms with Crippen LogP contribution >= 0.6 is 23.2 Å². The summed E-state index contributed by atoms with van der Waals surface area (Å²) in [4.78, 5) is 25.5. The van der Waals surface area contributed by atoms with E-state index in [2.05, 4.69) is 5.32 Å². The largest absolute Gasteiger partial charge is 0.336 e. The van der Waals surface area contributed by atoms with Crippen LogP contribution in [0, 0.1) is 0 Å². The lowest BCUT2D eigenvalue weighted by molar-refractivity contribution is -0.132. The van der Waals surface area contributed by atoms with Crippen molar-refractivity contribution >= 4 is 40.7 Å². The van der Waals surface area contributed by atoms with E-state index in [1.54, 1.807) is 37.4 Å². The van der Waals surface area contributed by atoms with Gasteiger partial charge >= 0.3 is 0 Å². The monoisotopic (exact) mass is 350 g/mol. The highest BCUT2D eigenvalue weighted by atomic mass is 35.5. The summed E-state index contributed by atoms with van der Waals surface area (Å²) in [5, 5.41) is 3.61. The van der Waals surface area contributed by atoms with Crippen LogP contribution in [0.5, 0.6) is 0 Å². The fourth-order valence-electron chi connectivity index (χ4n) is 2.01. The Morgan fingerprint density at radius 2 is 1.61 bits per heavy atom. The van der Waals surface area contributed by atoms with Gasteiger partial charge in [0.2, 0.25) is 11.8 Å². The Morgan fingerprint density at radius 3 is 2.22 bits per heavy atom. The van der Waals surface area contributed by atoms with E-state index >= 15 is 0 Å². The molecule has 0 aromatic heterocycles. The van der Waals surface area contributed by atoms with Gasteiger partial charge in [-0.05, 0) is 29.8 Å². The molecule has 0 heterocycles. The van der Waals surface area contributed by atoms with Gasteiger partial charge in [0.1, 0.15) is 0 Å². The first-order valence-electron chi connectivity index (χ1n) is 6.99. The molecular formula is C17H16Cl2N2O2. The molecule has 4 nitrogen and oxygen atoms in total. The van der Waals surface area contributed by atoms with Crippen LogP contribution in [0.3, 0.4) is 0 Å². The Bertz CT molecular complexity index is 685. The molecule has 2 aromatic rings. The lowest BCUT2D eigenvalue weighted by Crippen LogP contribution is -2.35. The third kappa shape index (κ3) is 4.98. The normalized spacial score (nSPS) is 10.2. The summed E-state index contributed by atoms with van der Waals surface area (Å²) >= 11 is 12.1. The number of carbonyl (C=O) groups is 2. The minimum atomic E-state index is -0.266.